The summed E-state index contributed by atoms with van der Waals surface area (Å²) < 4.78 is 28.5. The highest BCUT2D eigenvalue weighted by Gasteiger charge is 2.36. The van der Waals surface area contributed by atoms with E-state index < -0.39 is 15.9 Å². The Labute approximate surface area is 241 Å². The standard InChI is InChI=1S/C33H32N4O3S/c38-33-31(29-21-28(17-18-30(29)35-33)36-41(39,40)23-25-9-3-1-4-10-25)32(26-11-5-2-6-12-26)34-27-15-13-24(14-16-27)22-37-19-7-8-20-37/h1-6,9-18,21,31,36H,7-8,19-20,22-23H2,(H,35,38). The normalized spacial score (nSPS) is 17.3. The second kappa shape index (κ2) is 11.7. The highest BCUT2D eigenvalue weighted by atomic mass is 32.2. The first-order chi connectivity index (χ1) is 19.9. The molecule has 2 heterocycles. The quantitative estimate of drug-likeness (QED) is 0.241. The number of likely N-dealkylation sites (tertiary alicyclic amines) is 1. The van der Waals surface area contributed by atoms with Crippen molar-refractivity contribution in [1.82, 2.24) is 4.90 Å². The lowest BCUT2D eigenvalue weighted by atomic mass is 9.90. The van der Waals surface area contributed by atoms with E-state index in [2.05, 4.69) is 27.1 Å². The molecular weight excluding hydrogens is 532 g/mol. The van der Waals surface area contributed by atoms with Gasteiger partial charge >= 0.3 is 0 Å². The van der Waals surface area contributed by atoms with Crippen LogP contribution >= 0.6 is 0 Å². The molecule has 0 saturated carbocycles. The van der Waals surface area contributed by atoms with Crippen molar-refractivity contribution in [2.45, 2.75) is 31.1 Å². The van der Waals surface area contributed by atoms with Crippen molar-refractivity contribution < 1.29 is 13.2 Å². The largest absolute Gasteiger partial charge is 0.325 e. The molecule has 0 bridgehead atoms. The van der Waals surface area contributed by atoms with Gasteiger partial charge in [-0.05, 0) is 78.5 Å². The van der Waals surface area contributed by atoms with Gasteiger partial charge in [-0.25, -0.2) is 8.42 Å². The van der Waals surface area contributed by atoms with Crippen LogP contribution < -0.4 is 10.0 Å². The van der Waals surface area contributed by atoms with E-state index in [1.54, 1.807) is 30.3 Å². The van der Waals surface area contributed by atoms with Gasteiger partial charge in [0.2, 0.25) is 15.9 Å². The number of benzene rings is 4. The van der Waals surface area contributed by atoms with E-state index in [0.29, 0.717) is 28.2 Å². The van der Waals surface area contributed by atoms with E-state index in [4.69, 9.17) is 4.99 Å². The molecule has 1 atom stereocenters. The summed E-state index contributed by atoms with van der Waals surface area (Å²) in [5.74, 6) is -1.04. The van der Waals surface area contributed by atoms with Crippen LogP contribution in [0.4, 0.5) is 17.1 Å². The van der Waals surface area contributed by atoms with Gasteiger partial charge in [-0.2, -0.15) is 0 Å². The fourth-order valence-electron chi connectivity index (χ4n) is 5.52. The summed E-state index contributed by atoms with van der Waals surface area (Å²) in [5, 5.41) is 2.96. The predicted molar refractivity (Wildman–Crippen MR) is 164 cm³/mol. The molecule has 0 spiro atoms. The lowest BCUT2D eigenvalue weighted by Crippen LogP contribution is -2.22. The van der Waals surface area contributed by atoms with Gasteiger partial charge in [0, 0.05) is 17.9 Å². The van der Waals surface area contributed by atoms with Crippen LogP contribution in [0, 0.1) is 0 Å². The molecule has 2 N–H and O–H groups in total. The highest BCUT2D eigenvalue weighted by molar-refractivity contribution is 7.91. The first-order valence-electron chi connectivity index (χ1n) is 13.9. The van der Waals surface area contributed by atoms with Crippen molar-refractivity contribution in [2.24, 2.45) is 4.99 Å². The summed E-state index contributed by atoms with van der Waals surface area (Å²) in [4.78, 5) is 20.8. The Balaban J connectivity index is 1.31. The van der Waals surface area contributed by atoms with Crippen molar-refractivity contribution in [1.29, 1.82) is 0 Å². The molecule has 0 aromatic heterocycles. The number of aliphatic imine (C=N–C) groups is 1. The first-order valence-corrected chi connectivity index (χ1v) is 15.5. The molecule has 1 fully saturated rings. The molecule has 7 nitrogen and oxygen atoms in total. The Kier molecular flexibility index (Phi) is 7.67. The second-order valence-corrected chi connectivity index (χ2v) is 12.3. The summed E-state index contributed by atoms with van der Waals surface area (Å²) in [6, 6.07) is 32.0. The van der Waals surface area contributed by atoms with E-state index in [0.717, 1.165) is 30.9 Å². The van der Waals surface area contributed by atoms with Crippen molar-refractivity contribution >= 4 is 38.7 Å². The van der Waals surface area contributed by atoms with E-state index in [9.17, 15) is 13.2 Å². The maximum Gasteiger partial charge on any atom is 0.238 e. The van der Waals surface area contributed by atoms with Crippen LogP contribution in [0.2, 0.25) is 0 Å². The van der Waals surface area contributed by atoms with Crippen LogP contribution in [0.25, 0.3) is 0 Å². The minimum absolute atomic E-state index is 0.143. The van der Waals surface area contributed by atoms with Crippen LogP contribution in [0.15, 0.2) is 108 Å². The fraction of sp³-hybridized carbons (Fsp3) is 0.212. The molecule has 4 aromatic rings. The molecule has 2 aliphatic heterocycles. The third kappa shape index (κ3) is 6.39. The molecule has 4 aromatic carbocycles. The number of carbonyl (C=O) groups excluding carboxylic acids is 1. The molecule has 1 amide bonds. The lowest BCUT2D eigenvalue weighted by Gasteiger charge is -2.16. The van der Waals surface area contributed by atoms with Gasteiger partial charge in [0.1, 0.15) is 5.92 Å². The average Bonchev–Trinajstić information content (AvgIpc) is 3.60. The topological polar surface area (TPSA) is 90.9 Å². The molecule has 0 radical (unpaired) electrons. The minimum atomic E-state index is -3.66. The first kappa shape index (κ1) is 26.9. The number of amides is 1. The van der Waals surface area contributed by atoms with Crippen LogP contribution in [-0.4, -0.2) is 38.0 Å². The summed E-state index contributed by atoms with van der Waals surface area (Å²) in [7, 11) is -3.66. The molecule has 41 heavy (non-hydrogen) atoms. The number of hydrogen-bond acceptors (Lipinski definition) is 5. The number of nitrogens with zero attached hydrogens (tertiary/aromatic N) is 2. The zero-order valence-electron chi connectivity index (χ0n) is 22.7. The van der Waals surface area contributed by atoms with Gasteiger partial charge in [0.05, 0.1) is 17.2 Å². The zero-order valence-corrected chi connectivity index (χ0v) is 23.5. The van der Waals surface area contributed by atoms with Crippen LogP contribution in [0.3, 0.4) is 0 Å². The Hall–Kier alpha value is -4.27. The van der Waals surface area contributed by atoms with Crippen LogP contribution in [-0.2, 0) is 27.1 Å². The summed E-state index contributed by atoms with van der Waals surface area (Å²) in [6.07, 6.45) is 2.51. The van der Waals surface area contributed by atoms with Crippen molar-refractivity contribution in [3.8, 4) is 0 Å². The van der Waals surface area contributed by atoms with Crippen LogP contribution in [0.1, 0.15) is 41.0 Å². The molecule has 6 rings (SSSR count). The smallest absolute Gasteiger partial charge is 0.238 e. The number of carbonyl (C=O) groups is 1. The van der Waals surface area contributed by atoms with Crippen molar-refractivity contribution in [2.75, 3.05) is 23.1 Å². The molecule has 208 valence electrons. The third-order valence-corrected chi connectivity index (χ3v) is 8.75. The molecule has 2 aliphatic rings. The molecular formula is C33H32N4O3S. The zero-order chi connectivity index (χ0) is 28.2. The maximum atomic E-state index is 13.4. The van der Waals surface area contributed by atoms with E-state index >= 15 is 0 Å². The van der Waals surface area contributed by atoms with Crippen molar-refractivity contribution in [3.05, 3.63) is 125 Å². The second-order valence-electron chi connectivity index (χ2n) is 10.6. The van der Waals surface area contributed by atoms with Crippen molar-refractivity contribution in [3.63, 3.8) is 0 Å². The van der Waals surface area contributed by atoms with Gasteiger partial charge in [-0.3, -0.25) is 19.4 Å². The van der Waals surface area contributed by atoms with Gasteiger partial charge in [0.15, 0.2) is 0 Å². The van der Waals surface area contributed by atoms with E-state index in [1.165, 1.54) is 18.4 Å². The molecule has 8 heteroatoms. The Morgan fingerprint density at radius 3 is 2.24 bits per heavy atom. The number of hydrogen-bond donors (Lipinski definition) is 2. The average molecular weight is 565 g/mol. The Bertz CT molecular complexity index is 1670. The van der Waals surface area contributed by atoms with Gasteiger partial charge in [-0.15, -0.1) is 0 Å². The SMILES string of the molecule is O=C1Nc2ccc(NS(=O)(=O)Cc3ccccc3)cc2C1C(=Nc1ccc(CN2CCCC2)cc1)c1ccccc1. The van der Waals surface area contributed by atoms with E-state index in [-0.39, 0.29) is 11.7 Å². The monoisotopic (exact) mass is 564 g/mol. The number of nitrogens with one attached hydrogen (secondary N) is 2. The molecule has 1 unspecified atom stereocenters. The summed E-state index contributed by atoms with van der Waals surface area (Å²) in [5.41, 5.74) is 5.87. The maximum absolute atomic E-state index is 13.4. The minimum Gasteiger partial charge on any atom is -0.325 e. The predicted octanol–water partition coefficient (Wildman–Crippen LogP) is 6.08. The summed E-state index contributed by atoms with van der Waals surface area (Å²) >= 11 is 0. The summed E-state index contributed by atoms with van der Waals surface area (Å²) in [6.45, 7) is 3.20. The number of fused-ring (bicyclic) bond motifs is 1. The van der Waals surface area contributed by atoms with Gasteiger partial charge in [-0.1, -0.05) is 72.8 Å². The van der Waals surface area contributed by atoms with Crippen LogP contribution in [0.5, 0.6) is 0 Å². The Morgan fingerprint density at radius 2 is 1.54 bits per heavy atom. The Morgan fingerprint density at radius 1 is 0.854 bits per heavy atom. The molecule has 0 aliphatic carbocycles. The van der Waals surface area contributed by atoms with E-state index in [1.807, 2.05) is 60.7 Å². The lowest BCUT2D eigenvalue weighted by molar-refractivity contribution is -0.115. The number of sulfonamides is 1. The fourth-order valence-corrected chi connectivity index (χ4v) is 6.71. The van der Waals surface area contributed by atoms with Gasteiger partial charge in [0.25, 0.3) is 0 Å². The number of anilines is 2. The molecule has 1 saturated heterocycles. The number of rotatable bonds is 9. The third-order valence-electron chi connectivity index (χ3n) is 7.49. The highest BCUT2D eigenvalue weighted by Crippen LogP contribution is 2.38. The van der Waals surface area contributed by atoms with Gasteiger partial charge < -0.3 is 5.32 Å².